The number of rotatable bonds is 2. The monoisotopic (exact) mass is 395 g/mol. The summed E-state index contributed by atoms with van der Waals surface area (Å²) in [4.78, 5) is 4.40. The van der Waals surface area contributed by atoms with Crippen LogP contribution in [-0.4, -0.2) is 32.2 Å². The normalized spacial score (nSPS) is 17.1. The van der Waals surface area contributed by atoms with Crippen molar-refractivity contribution >= 4 is 12.4 Å². The first-order valence-corrected chi connectivity index (χ1v) is 8.30. The molecule has 0 fully saturated rings. The lowest BCUT2D eigenvalue weighted by atomic mass is 10.2. The van der Waals surface area contributed by atoms with Gasteiger partial charge in [-0.15, -0.1) is 21.2 Å². The molecule has 142 valence electrons. The predicted octanol–water partition coefficient (Wildman–Crippen LogP) is 2.97. The first kappa shape index (κ1) is 17.7. The van der Waals surface area contributed by atoms with E-state index in [4.69, 9.17) is 0 Å². The lowest BCUT2D eigenvalue weighted by Gasteiger charge is -2.07. The maximum Gasteiger partial charge on any atom is 0.586 e. The molecule has 3 aromatic rings. The van der Waals surface area contributed by atoms with Crippen molar-refractivity contribution in [1.29, 1.82) is 0 Å². The van der Waals surface area contributed by atoms with Gasteiger partial charge in [-0.3, -0.25) is 9.25 Å². The Labute approximate surface area is 159 Å². The van der Waals surface area contributed by atoms with Gasteiger partial charge in [0.2, 0.25) is 0 Å². The molecule has 10 heteroatoms. The molecule has 1 aromatic carbocycles. The Morgan fingerprint density at radius 1 is 1.15 bits per heavy atom. The zero-order valence-electron chi connectivity index (χ0n) is 14.1. The van der Waals surface area contributed by atoms with E-state index in [2.05, 4.69) is 24.9 Å². The van der Waals surface area contributed by atoms with Gasteiger partial charge < -0.3 is 14.8 Å². The molecule has 0 saturated heterocycles. The molecule has 4 heterocycles. The number of halogens is 3. The van der Waals surface area contributed by atoms with E-state index in [0.29, 0.717) is 11.5 Å². The summed E-state index contributed by atoms with van der Waals surface area (Å²) < 4.78 is 39.2. The van der Waals surface area contributed by atoms with Crippen molar-refractivity contribution in [3.05, 3.63) is 42.4 Å². The molecule has 0 aliphatic carbocycles. The average Bonchev–Trinajstić information content (AvgIpc) is 3.26. The third kappa shape index (κ3) is 3.13. The van der Waals surface area contributed by atoms with Gasteiger partial charge in [0.1, 0.15) is 5.69 Å². The number of aromatic nitrogens is 4. The largest absolute Gasteiger partial charge is 0.586 e. The fraction of sp³-hybridized carbons (Fsp3) is 0.294. The van der Waals surface area contributed by atoms with Crippen LogP contribution in [-0.2, 0) is 13.1 Å². The second-order valence-corrected chi connectivity index (χ2v) is 6.19. The second kappa shape index (κ2) is 6.50. The molecular weight excluding hydrogens is 380 g/mol. The number of aryl methyl sites for hydroxylation is 1. The quantitative estimate of drug-likeness (QED) is 0.722. The molecule has 0 atom stereocenters. The fourth-order valence-corrected chi connectivity index (χ4v) is 3.26. The van der Waals surface area contributed by atoms with E-state index in [1.54, 1.807) is 23.0 Å². The highest BCUT2D eigenvalue weighted by atomic mass is 35.5. The van der Waals surface area contributed by atoms with E-state index in [9.17, 15) is 8.78 Å². The molecule has 0 radical (unpaired) electrons. The van der Waals surface area contributed by atoms with Gasteiger partial charge in [-0.2, -0.15) is 5.10 Å². The van der Waals surface area contributed by atoms with Crippen molar-refractivity contribution in [1.82, 2.24) is 24.6 Å². The Morgan fingerprint density at radius 2 is 2.00 bits per heavy atom. The van der Waals surface area contributed by atoms with E-state index < -0.39 is 6.29 Å². The van der Waals surface area contributed by atoms with Gasteiger partial charge in [0.05, 0.1) is 11.4 Å². The van der Waals surface area contributed by atoms with Crippen molar-refractivity contribution in [2.24, 2.45) is 0 Å². The molecule has 7 nitrogen and oxygen atoms in total. The van der Waals surface area contributed by atoms with Gasteiger partial charge in [-0.25, -0.2) is 4.98 Å². The van der Waals surface area contributed by atoms with Crippen LogP contribution in [0.4, 0.5) is 8.78 Å². The number of fused-ring (bicyclic) bond motifs is 2. The van der Waals surface area contributed by atoms with Gasteiger partial charge >= 0.3 is 6.29 Å². The summed E-state index contributed by atoms with van der Waals surface area (Å²) >= 11 is 0. The molecule has 0 spiro atoms. The van der Waals surface area contributed by atoms with Crippen molar-refractivity contribution in [2.45, 2.75) is 25.8 Å². The smallest absolute Gasteiger partial charge is 0.395 e. The summed E-state index contributed by atoms with van der Waals surface area (Å²) in [7, 11) is 0. The van der Waals surface area contributed by atoms with E-state index in [-0.39, 0.29) is 23.9 Å². The van der Waals surface area contributed by atoms with E-state index in [1.807, 2.05) is 10.7 Å². The highest BCUT2D eigenvalue weighted by molar-refractivity contribution is 5.85. The number of nitrogens with zero attached hydrogens (tertiary/aromatic N) is 4. The molecule has 1 N–H and O–H groups in total. The van der Waals surface area contributed by atoms with Crippen LogP contribution >= 0.6 is 12.4 Å². The second-order valence-electron chi connectivity index (χ2n) is 6.19. The Hall–Kier alpha value is -2.65. The summed E-state index contributed by atoms with van der Waals surface area (Å²) in [6.07, 6.45) is 0.789. The Balaban J connectivity index is 0.00000180. The zero-order valence-corrected chi connectivity index (χ0v) is 14.9. The van der Waals surface area contributed by atoms with Crippen LogP contribution < -0.4 is 14.8 Å². The molecule has 5 rings (SSSR count). The van der Waals surface area contributed by atoms with E-state index >= 15 is 0 Å². The molecule has 0 saturated carbocycles. The summed E-state index contributed by atoms with van der Waals surface area (Å²) in [5.41, 5.74) is 2.47. The number of ether oxygens (including phenoxy) is 2. The van der Waals surface area contributed by atoms with E-state index in [1.165, 1.54) is 12.1 Å². The van der Waals surface area contributed by atoms with Crippen LogP contribution in [0.15, 0.2) is 36.7 Å². The Bertz CT molecular complexity index is 964. The minimum atomic E-state index is -3.63. The number of imidazole rings is 1. The summed E-state index contributed by atoms with van der Waals surface area (Å²) in [5.74, 6) is 0.647. The first-order valence-electron chi connectivity index (χ1n) is 8.30. The molecular formula is C17H16ClF2N5O2. The maximum absolute atomic E-state index is 13.2. The third-order valence-electron chi connectivity index (χ3n) is 4.43. The standard InChI is InChI=1S/C17H15F2N5O2.ClH/c18-17(19)25-14-3-2-11(9-15(14)26-17)23-7-5-21-16(23)13-8-12-10-20-4-1-6-24(12)22-13;/h2-3,5,7-9,20H,1,4,6,10H2;1H. The van der Waals surface area contributed by atoms with Crippen molar-refractivity contribution < 1.29 is 18.3 Å². The molecule has 0 amide bonds. The fourth-order valence-electron chi connectivity index (χ4n) is 3.26. The average molecular weight is 396 g/mol. The SMILES string of the molecule is Cl.FC1(F)Oc2ccc(-n3ccnc3-c3cc4n(n3)CCCNC4)cc2O1. The van der Waals surface area contributed by atoms with Gasteiger partial charge in [0.25, 0.3) is 0 Å². The van der Waals surface area contributed by atoms with Crippen LogP contribution in [0.2, 0.25) is 0 Å². The lowest BCUT2D eigenvalue weighted by molar-refractivity contribution is -0.286. The van der Waals surface area contributed by atoms with Crippen molar-refractivity contribution in [3.63, 3.8) is 0 Å². The highest BCUT2D eigenvalue weighted by Crippen LogP contribution is 2.42. The van der Waals surface area contributed by atoms with Crippen LogP contribution in [0.25, 0.3) is 17.2 Å². The Morgan fingerprint density at radius 3 is 2.89 bits per heavy atom. The van der Waals surface area contributed by atoms with Crippen LogP contribution in [0, 0.1) is 0 Å². The number of nitrogens with one attached hydrogen (secondary N) is 1. The molecule has 2 aliphatic heterocycles. The summed E-state index contributed by atoms with van der Waals surface area (Å²) in [5, 5.41) is 8.01. The van der Waals surface area contributed by atoms with Crippen LogP contribution in [0.1, 0.15) is 12.1 Å². The van der Waals surface area contributed by atoms with Crippen LogP contribution in [0.3, 0.4) is 0 Å². The third-order valence-corrected chi connectivity index (χ3v) is 4.43. The minimum Gasteiger partial charge on any atom is -0.395 e. The van der Waals surface area contributed by atoms with Crippen LogP contribution in [0.5, 0.6) is 11.5 Å². The van der Waals surface area contributed by atoms with Gasteiger partial charge in [-0.1, -0.05) is 0 Å². The number of hydrogen-bond acceptors (Lipinski definition) is 5. The topological polar surface area (TPSA) is 66.1 Å². The lowest BCUT2D eigenvalue weighted by Crippen LogP contribution is -2.25. The number of benzene rings is 1. The van der Waals surface area contributed by atoms with Gasteiger partial charge in [-0.05, 0) is 31.2 Å². The molecule has 2 aliphatic rings. The first-order chi connectivity index (χ1) is 12.6. The summed E-state index contributed by atoms with van der Waals surface area (Å²) in [6.45, 7) is 2.57. The molecule has 27 heavy (non-hydrogen) atoms. The zero-order chi connectivity index (χ0) is 17.7. The van der Waals surface area contributed by atoms with E-state index in [0.717, 1.165) is 37.4 Å². The van der Waals surface area contributed by atoms with Gasteiger partial charge in [0.15, 0.2) is 17.3 Å². The van der Waals surface area contributed by atoms with Crippen molar-refractivity contribution in [3.8, 4) is 28.7 Å². The molecule has 2 aromatic heterocycles. The molecule has 0 bridgehead atoms. The number of hydrogen-bond donors (Lipinski definition) is 1. The Kier molecular flexibility index (Phi) is 4.27. The minimum absolute atomic E-state index is 0. The number of alkyl halides is 2. The van der Waals surface area contributed by atoms with Crippen molar-refractivity contribution in [2.75, 3.05) is 6.54 Å². The van der Waals surface area contributed by atoms with Gasteiger partial charge in [0, 0.05) is 31.5 Å². The summed E-state index contributed by atoms with van der Waals surface area (Å²) in [6, 6.07) is 6.64. The highest BCUT2D eigenvalue weighted by Gasteiger charge is 2.43. The molecule has 0 unspecified atom stereocenters. The predicted molar refractivity (Wildman–Crippen MR) is 94.6 cm³/mol. The maximum atomic E-state index is 13.2.